The first kappa shape index (κ1) is 13.2. The Hall–Kier alpha value is -1.84. The first-order valence-electron chi connectivity index (χ1n) is 7.36. The summed E-state index contributed by atoms with van der Waals surface area (Å²) in [6.07, 6.45) is 5.60. The third kappa shape index (κ3) is 2.19. The molecule has 2 aliphatic rings. The molecule has 0 bridgehead atoms. The monoisotopic (exact) mass is 272 g/mol. The number of amides is 2. The lowest BCUT2D eigenvalue weighted by Crippen LogP contribution is -2.49. The minimum atomic E-state index is -0.375. The average Bonchev–Trinajstić information content (AvgIpc) is 2.60. The van der Waals surface area contributed by atoms with Gasteiger partial charge in [0.2, 0.25) is 5.91 Å². The van der Waals surface area contributed by atoms with Gasteiger partial charge in [-0.3, -0.25) is 9.59 Å². The smallest absolute Gasteiger partial charge is 0.254 e. The Kier molecular flexibility index (Phi) is 3.47. The molecular formula is C16H20N2O2. The highest BCUT2D eigenvalue weighted by Crippen LogP contribution is 2.31. The summed E-state index contributed by atoms with van der Waals surface area (Å²) in [5.41, 5.74) is 1.29. The molecule has 4 nitrogen and oxygen atoms in total. The Morgan fingerprint density at radius 1 is 1.10 bits per heavy atom. The standard InChI is InChI=1S/C16H20N2O2/c1-18-13-10-6-5-9-12(13)15(19)17-14(16(18)20)11-7-3-2-4-8-11/h5-6,9-11,14H,2-4,7-8H2,1H3,(H,17,19). The molecule has 1 saturated carbocycles. The highest BCUT2D eigenvalue weighted by atomic mass is 16.2. The van der Waals surface area contributed by atoms with Gasteiger partial charge in [0.1, 0.15) is 6.04 Å². The second-order valence-electron chi connectivity index (χ2n) is 5.76. The van der Waals surface area contributed by atoms with E-state index in [1.165, 1.54) is 6.42 Å². The second-order valence-corrected chi connectivity index (χ2v) is 5.76. The summed E-state index contributed by atoms with van der Waals surface area (Å²) in [6.45, 7) is 0. The topological polar surface area (TPSA) is 49.4 Å². The van der Waals surface area contributed by atoms with Crippen molar-refractivity contribution in [1.29, 1.82) is 0 Å². The first-order chi connectivity index (χ1) is 9.68. The minimum absolute atomic E-state index is 0.00944. The summed E-state index contributed by atoms with van der Waals surface area (Å²) in [5, 5.41) is 2.95. The number of anilines is 1. The zero-order valence-electron chi connectivity index (χ0n) is 11.8. The molecule has 0 saturated heterocycles. The van der Waals surface area contributed by atoms with Crippen molar-refractivity contribution in [2.24, 2.45) is 5.92 Å². The fourth-order valence-electron chi connectivity index (χ4n) is 3.35. The largest absolute Gasteiger partial charge is 0.340 e. The zero-order chi connectivity index (χ0) is 14.1. The van der Waals surface area contributed by atoms with Crippen LogP contribution in [-0.4, -0.2) is 24.9 Å². The molecule has 1 aliphatic heterocycles. The molecule has 0 radical (unpaired) electrons. The predicted molar refractivity (Wildman–Crippen MR) is 77.7 cm³/mol. The molecule has 1 aromatic rings. The Morgan fingerprint density at radius 3 is 2.55 bits per heavy atom. The van der Waals surface area contributed by atoms with Crippen molar-refractivity contribution in [3.63, 3.8) is 0 Å². The normalized spacial score (nSPS) is 24.1. The van der Waals surface area contributed by atoms with Crippen LogP contribution in [0.25, 0.3) is 0 Å². The van der Waals surface area contributed by atoms with E-state index in [1.54, 1.807) is 18.0 Å². The van der Waals surface area contributed by atoms with Gasteiger partial charge in [0, 0.05) is 7.05 Å². The van der Waals surface area contributed by atoms with Crippen LogP contribution in [0.1, 0.15) is 42.5 Å². The summed E-state index contributed by atoms with van der Waals surface area (Å²) >= 11 is 0. The summed E-state index contributed by atoms with van der Waals surface area (Å²) in [7, 11) is 1.76. The van der Waals surface area contributed by atoms with E-state index in [0.29, 0.717) is 11.3 Å². The van der Waals surface area contributed by atoms with Gasteiger partial charge >= 0.3 is 0 Å². The molecular weight excluding hydrogens is 252 g/mol. The maximum Gasteiger partial charge on any atom is 0.254 e. The number of fused-ring (bicyclic) bond motifs is 1. The van der Waals surface area contributed by atoms with Gasteiger partial charge in [-0.2, -0.15) is 0 Å². The second kappa shape index (κ2) is 5.27. The molecule has 4 heteroatoms. The molecule has 1 N–H and O–H groups in total. The fourth-order valence-corrected chi connectivity index (χ4v) is 3.35. The van der Waals surface area contributed by atoms with Crippen LogP contribution in [0.4, 0.5) is 5.69 Å². The lowest BCUT2D eigenvalue weighted by Gasteiger charge is -2.30. The third-order valence-electron chi connectivity index (χ3n) is 4.51. The van der Waals surface area contributed by atoms with E-state index >= 15 is 0 Å². The van der Waals surface area contributed by atoms with Crippen LogP contribution in [-0.2, 0) is 4.79 Å². The molecule has 2 amide bonds. The summed E-state index contributed by atoms with van der Waals surface area (Å²) in [6, 6.07) is 6.92. The van der Waals surface area contributed by atoms with E-state index in [1.807, 2.05) is 18.2 Å². The fraction of sp³-hybridized carbons (Fsp3) is 0.500. The number of carbonyl (C=O) groups is 2. The average molecular weight is 272 g/mol. The van der Waals surface area contributed by atoms with E-state index in [0.717, 1.165) is 25.7 Å². The van der Waals surface area contributed by atoms with Crippen molar-refractivity contribution in [2.75, 3.05) is 11.9 Å². The number of likely N-dealkylation sites (N-methyl/N-ethyl adjacent to an activating group) is 1. The van der Waals surface area contributed by atoms with Gasteiger partial charge in [0.25, 0.3) is 5.91 Å². The van der Waals surface area contributed by atoms with E-state index < -0.39 is 0 Å². The lowest BCUT2D eigenvalue weighted by atomic mass is 9.83. The molecule has 1 aliphatic carbocycles. The summed E-state index contributed by atoms with van der Waals surface area (Å²) in [5.74, 6) is 0.154. The number of nitrogens with zero attached hydrogens (tertiary/aromatic N) is 1. The molecule has 1 heterocycles. The van der Waals surface area contributed by atoms with Gasteiger partial charge in [-0.1, -0.05) is 31.4 Å². The van der Waals surface area contributed by atoms with Crippen LogP contribution in [0.3, 0.4) is 0 Å². The van der Waals surface area contributed by atoms with E-state index in [2.05, 4.69) is 5.32 Å². The van der Waals surface area contributed by atoms with E-state index in [9.17, 15) is 9.59 Å². The van der Waals surface area contributed by atoms with E-state index in [-0.39, 0.29) is 23.8 Å². The van der Waals surface area contributed by atoms with Gasteiger partial charge in [-0.25, -0.2) is 0 Å². The van der Waals surface area contributed by atoms with Crippen molar-refractivity contribution in [2.45, 2.75) is 38.1 Å². The number of carbonyl (C=O) groups excluding carboxylic acids is 2. The molecule has 20 heavy (non-hydrogen) atoms. The van der Waals surface area contributed by atoms with Crippen LogP contribution >= 0.6 is 0 Å². The van der Waals surface area contributed by atoms with Gasteiger partial charge < -0.3 is 10.2 Å². The van der Waals surface area contributed by atoms with Crippen LogP contribution < -0.4 is 10.2 Å². The number of para-hydroxylation sites is 1. The quantitative estimate of drug-likeness (QED) is 0.853. The molecule has 106 valence electrons. The van der Waals surface area contributed by atoms with Crippen LogP contribution in [0.5, 0.6) is 0 Å². The molecule has 1 aromatic carbocycles. The van der Waals surface area contributed by atoms with Crippen LogP contribution in [0, 0.1) is 5.92 Å². The highest BCUT2D eigenvalue weighted by Gasteiger charge is 2.36. The third-order valence-corrected chi connectivity index (χ3v) is 4.51. The Bertz CT molecular complexity index is 535. The predicted octanol–water partition coefficient (Wildman–Crippen LogP) is 2.34. The number of rotatable bonds is 1. The maximum atomic E-state index is 12.7. The van der Waals surface area contributed by atoms with Crippen molar-refractivity contribution in [3.05, 3.63) is 29.8 Å². The molecule has 3 rings (SSSR count). The molecule has 1 atom stereocenters. The first-order valence-corrected chi connectivity index (χ1v) is 7.36. The van der Waals surface area contributed by atoms with Crippen molar-refractivity contribution < 1.29 is 9.59 Å². The molecule has 0 aromatic heterocycles. The van der Waals surface area contributed by atoms with Gasteiger partial charge in [0.05, 0.1) is 11.3 Å². The molecule has 1 fully saturated rings. The highest BCUT2D eigenvalue weighted by molar-refractivity contribution is 6.10. The van der Waals surface area contributed by atoms with Gasteiger partial charge in [-0.05, 0) is 30.9 Å². The lowest BCUT2D eigenvalue weighted by molar-refractivity contribution is -0.121. The van der Waals surface area contributed by atoms with Gasteiger partial charge in [0.15, 0.2) is 0 Å². The summed E-state index contributed by atoms with van der Waals surface area (Å²) in [4.78, 5) is 26.7. The number of hydrogen-bond acceptors (Lipinski definition) is 2. The molecule has 1 unspecified atom stereocenters. The Labute approximate surface area is 119 Å². The Balaban J connectivity index is 1.94. The minimum Gasteiger partial charge on any atom is -0.340 e. The maximum absolute atomic E-state index is 12.7. The number of benzene rings is 1. The van der Waals surface area contributed by atoms with Crippen LogP contribution in [0.15, 0.2) is 24.3 Å². The zero-order valence-corrected chi connectivity index (χ0v) is 11.8. The number of hydrogen-bond donors (Lipinski definition) is 1. The Morgan fingerprint density at radius 2 is 1.80 bits per heavy atom. The van der Waals surface area contributed by atoms with E-state index in [4.69, 9.17) is 0 Å². The van der Waals surface area contributed by atoms with Crippen LogP contribution in [0.2, 0.25) is 0 Å². The van der Waals surface area contributed by atoms with Crippen molar-refractivity contribution in [1.82, 2.24) is 5.32 Å². The van der Waals surface area contributed by atoms with Crippen molar-refractivity contribution in [3.8, 4) is 0 Å². The number of nitrogens with one attached hydrogen (secondary N) is 1. The van der Waals surface area contributed by atoms with Crippen molar-refractivity contribution >= 4 is 17.5 Å². The van der Waals surface area contributed by atoms with Gasteiger partial charge in [-0.15, -0.1) is 0 Å². The summed E-state index contributed by atoms with van der Waals surface area (Å²) < 4.78 is 0. The molecule has 0 spiro atoms. The SMILES string of the molecule is CN1C(=O)C(C2CCCCC2)NC(=O)c2ccccc21.